The summed E-state index contributed by atoms with van der Waals surface area (Å²) in [5, 5.41) is 5.52. The third-order valence-electron chi connectivity index (χ3n) is 5.75. The lowest BCUT2D eigenvalue weighted by molar-refractivity contribution is -0.131. The van der Waals surface area contributed by atoms with Crippen LogP contribution in [-0.4, -0.2) is 62.0 Å². The summed E-state index contributed by atoms with van der Waals surface area (Å²) in [4.78, 5) is 41.7. The predicted molar refractivity (Wildman–Crippen MR) is 117 cm³/mol. The van der Waals surface area contributed by atoms with Crippen molar-refractivity contribution in [2.45, 2.75) is 18.9 Å². The quantitative estimate of drug-likeness (QED) is 0.768. The summed E-state index contributed by atoms with van der Waals surface area (Å²) in [5.74, 6) is 0.197. The molecule has 2 N–H and O–H groups in total. The number of rotatable bonds is 5. The molecule has 8 heteroatoms. The van der Waals surface area contributed by atoms with E-state index in [0.717, 1.165) is 24.5 Å². The van der Waals surface area contributed by atoms with Gasteiger partial charge in [-0.25, -0.2) is 0 Å². The first-order chi connectivity index (χ1) is 15.0. The number of carbonyl (C=O) groups excluding carboxylic acids is 3. The van der Waals surface area contributed by atoms with E-state index in [-0.39, 0.29) is 30.6 Å². The molecule has 0 bridgehead atoms. The van der Waals surface area contributed by atoms with Crippen LogP contribution in [0.4, 0.5) is 11.4 Å². The van der Waals surface area contributed by atoms with Gasteiger partial charge in [0.05, 0.1) is 18.4 Å². The molecule has 2 heterocycles. The number of ether oxygens (including phenoxy) is 1. The molecule has 0 aliphatic carbocycles. The average molecular weight is 422 g/mol. The van der Waals surface area contributed by atoms with E-state index in [1.54, 1.807) is 31.4 Å². The molecule has 0 aromatic heterocycles. The van der Waals surface area contributed by atoms with E-state index in [2.05, 4.69) is 15.5 Å². The first kappa shape index (κ1) is 20.7. The highest BCUT2D eigenvalue weighted by Crippen LogP contribution is 2.23. The highest BCUT2D eigenvalue weighted by atomic mass is 16.5. The predicted octanol–water partition coefficient (Wildman–Crippen LogP) is 1.87. The molecule has 8 nitrogen and oxygen atoms in total. The van der Waals surface area contributed by atoms with E-state index < -0.39 is 6.04 Å². The van der Waals surface area contributed by atoms with Crippen molar-refractivity contribution >= 4 is 29.1 Å². The van der Waals surface area contributed by atoms with Crippen molar-refractivity contribution in [1.82, 2.24) is 10.2 Å². The molecule has 4 rings (SSSR count). The van der Waals surface area contributed by atoms with E-state index in [1.807, 2.05) is 29.2 Å². The lowest BCUT2D eigenvalue weighted by atomic mass is 10.1. The van der Waals surface area contributed by atoms with Crippen LogP contribution in [0, 0.1) is 0 Å². The molecule has 2 aliphatic rings. The van der Waals surface area contributed by atoms with Gasteiger partial charge in [0.1, 0.15) is 11.8 Å². The van der Waals surface area contributed by atoms with Crippen molar-refractivity contribution in [3.63, 3.8) is 0 Å². The first-order valence-electron chi connectivity index (χ1n) is 10.4. The Morgan fingerprint density at radius 3 is 2.61 bits per heavy atom. The molecule has 2 aliphatic heterocycles. The third kappa shape index (κ3) is 4.63. The second-order valence-corrected chi connectivity index (χ2v) is 7.67. The normalized spacial score (nSPS) is 18.5. The summed E-state index contributed by atoms with van der Waals surface area (Å²) in [6.07, 6.45) is 0.467. The SMILES string of the molecule is COc1cccc(N2CCN(C(=O)CC[C@@H]3NC(=O)c4ccccc4NC3=O)CC2)c1. The average Bonchev–Trinajstić information content (AvgIpc) is 2.93. The molecule has 1 saturated heterocycles. The van der Waals surface area contributed by atoms with Crippen LogP contribution in [0.2, 0.25) is 0 Å². The molecule has 162 valence electrons. The maximum atomic E-state index is 12.7. The lowest BCUT2D eigenvalue weighted by Gasteiger charge is -2.36. The molecule has 31 heavy (non-hydrogen) atoms. The van der Waals surface area contributed by atoms with Gasteiger partial charge in [0.15, 0.2) is 0 Å². The van der Waals surface area contributed by atoms with E-state index in [4.69, 9.17) is 4.74 Å². The fourth-order valence-corrected chi connectivity index (χ4v) is 3.96. The van der Waals surface area contributed by atoms with Crippen molar-refractivity contribution in [2.24, 2.45) is 0 Å². The van der Waals surface area contributed by atoms with Crippen LogP contribution < -0.4 is 20.3 Å². The van der Waals surface area contributed by atoms with Crippen molar-refractivity contribution < 1.29 is 19.1 Å². The number of hydrogen-bond acceptors (Lipinski definition) is 5. The van der Waals surface area contributed by atoms with Gasteiger partial charge in [-0.2, -0.15) is 0 Å². The monoisotopic (exact) mass is 422 g/mol. The number of carbonyl (C=O) groups is 3. The number of nitrogens with one attached hydrogen (secondary N) is 2. The van der Waals surface area contributed by atoms with Crippen molar-refractivity contribution in [1.29, 1.82) is 0 Å². The highest BCUT2D eigenvalue weighted by Gasteiger charge is 2.29. The number of para-hydroxylation sites is 1. The Hall–Kier alpha value is -3.55. The molecule has 0 radical (unpaired) electrons. The van der Waals surface area contributed by atoms with E-state index >= 15 is 0 Å². The van der Waals surface area contributed by atoms with Crippen LogP contribution >= 0.6 is 0 Å². The Balaban J connectivity index is 1.30. The Kier molecular flexibility index (Phi) is 6.06. The largest absolute Gasteiger partial charge is 0.497 e. The summed E-state index contributed by atoms with van der Waals surface area (Å²) >= 11 is 0. The molecule has 1 fully saturated rings. The molecular formula is C23H26N4O4. The number of methoxy groups -OCH3 is 1. The molecule has 0 spiro atoms. The molecule has 0 unspecified atom stereocenters. The van der Waals surface area contributed by atoms with Gasteiger partial charge in [0.25, 0.3) is 5.91 Å². The Morgan fingerprint density at radius 1 is 1.06 bits per heavy atom. The number of fused-ring (bicyclic) bond motifs is 1. The van der Waals surface area contributed by atoms with Gasteiger partial charge in [-0.05, 0) is 30.7 Å². The van der Waals surface area contributed by atoms with Gasteiger partial charge in [-0.3, -0.25) is 14.4 Å². The van der Waals surface area contributed by atoms with Gasteiger partial charge in [0, 0.05) is 44.4 Å². The number of nitrogens with zero attached hydrogens (tertiary/aromatic N) is 2. The second kappa shape index (κ2) is 9.07. The van der Waals surface area contributed by atoms with Crippen LogP contribution in [0.3, 0.4) is 0 Å². The smallest absolute Gasteiger partial charge is 0.254 e. The molecular weight excluding hydrogens is 396 g/mol. The van der Waals surface area contributed by atoms with E-state index in [9.17, 15) is 14.4 Å². The van der Waals surface area contributed by atoms with Crippen molar-refractivity contribution in [3.8, 4) is 5.75 Å². The fraction of sp³-hybridized carbons (Fsp3) is 0.348. The maximum absolute atomic E-state index is 12.7. The zero-order chi connectivity index (χ0) is 21.8. The van der Waals surface area contributed by atoms with Crippen LogP contribution in [0.25, 0.3) is 0 Å². The molecule has 2 aromatic carbocycles. The fourth-order valence-electron chi connectivity index (χ4n) is 3.96. The number of piperazine rings is 1. The van der Waals surface area contributed by atoms with Crippen LogP contribution in [-0.2, 0) is 9.59 Å². The Labute approximate surface area is 181 Å². The summed E-state index contributed by atoms with van der Waals surface area (Å²) in [6.45, 7) is 2.69. The summed E-state index contributed by atoms with van der Waals surface area (Å²) < 4.78 is 5.29. The second-order valence-electron chi connectivity index (χ2n) is 7.67. The van der Waals surface area contributed by atoms with Gasteiger partial charge in [-0.1, -0.05) is 18.2 Å². The van der Waals surface area contributed by atoms with Crippen molar-refractivity contribution in [3.05, 3.63) is 54.1 Å². The van der Waals surface area contributed by atoms with Crippen LogP contribution in [0.1, 0.15) is 23.2 Å². The van der Waals surface area contributed by atoms with E-state index in [0.29, 0.717) is 24.3 Å². The van der Waals surface area contributed by atoms with E-state index in [1.165, 1.54) is 0 Å². The summed E-state index contributed by atoms with van der Waals surface area (Å²) in [7, 11) is 1.64. The Bertz CT molecular complexity index is 985. The minimum atomic E-state index is -0.734. The van der Waals surface area contributed by atoms with Crippen LogP contribution in [0.5, 0.6) is 5.75 Å². The van der Waals surface area contributed by atoms with Gasteiger partial charge in [-0.15, -0.1) is 0 Å². The highest BCUT2D eigenvalue weighted by molar-refractivity contribution is 6.09. The third-order valence-corrected chi connectivity index (χ3v) is 5.75. The molecule has 1 atom stereocenters. The zero-order valence-corrected chi connectivity index (χ0v) is 17.5. The zero-order valence-electron chi connectivity index (χ0n) is 17.5. The number of benzene rings is 2. The number of amides is 3. The minimum Gasteiger partial charge on any atom is -0.497 e. The van der Waals surface area contributed by atoms with Gasteiger partial charge in [0.2, 0.25) is 11.8 Å². The number of anilines is 2. The van der Waals surface area contributed by atoms with Gasteiger partial charge >= 0.3 is 0 Å². The van der Waals surface area contributed by atoms with Gasteiger partial charge < -0.3 is 25.2 Å². The lowest BCUT2D eigenvalue weighted by Crippen LogP contribution is -2.49. The number of hydrogen-bond donors (Lipinski definition) is 2. The van der Waals surface area contributed by atoms with Crippen molar-refractivity contribution in [2.75, 3.05) is 43.5 Å². The first-order valence-corrected chi connectivity index (χ1v) is 10.4. The summed E-state index contributed by atoms with van der Waals surface area (Å²) in [5.41, 5.74) is 2.00. The Morgan fingerprint density at radius 2 is 1.84 bits per heavy atom. The topological polar surface area (TPSA) is 91.0 Å². The maximum Gasteiger partial charge on any atom is 0.254 e. The molecule has 2 aromatic rings. The molecule has 0 saturated carbocycles. The van der Waals surface area contributed by atoms with Crippen LogP contribution in [0.15, 0.2) is 48.5 Å². The minimum absolute atomic E-state index is 0.00546. The molecule has 3 amide bonds. The standard InChI is InChI=1S/C23H26N4O4/c1-31-17-6-4-5-16(15-17)26-11-13-27(14-12-26)21(28)10-9-20-23(30)24-19-8-3-2-7-18(19)22(29)25-20/h2-8,15,20H,9-14H2,1H3,(H,24,30)(H,25,29)/t20-/m0/s1. The summed E-state index contributed by atoms with van der Waals surface area (Å²) in [6, 6.07) is 14.0.